The maximum absolute atomic E-state index is 9.65. The second-order valence-electron chi connectivity index (χ2n) is 5.82. The molecule has 0 aromatic carbocycles. The second-order valence-corrected chi connectivity index (χ2v) is 7.70. The van der Waals surface area contributed by atoms with Crippen molar-refractivity contribution in [3.8, 4) is 0 Å². The zero-order valence-electron chi connectivity index (χ0n) is 10.6. The molecule has 94 valence electrons. The minimum atomic E-state index is 0.238. The molecule has 16 heavy (non-hydrogen) atoms. The average Bonchev–Trinajstić information content (AvgIpc) is 2.65. The molecule has 0 spiro atoms. The van der Waals surface area contributed by atoms with Gasteiger partial charge in [-0.15, -0.1) is 0 Å². The summed E-state index contributed by atoms with van der Waals surface area (Å²) in [6.45, 7) is 8.58. The highest BCUT2D eigenvalue weighted by molar-refractivity contribution is 8.00. The van der Waals surface area contributed by atoms with Crippen LogP contribution in [0, 0.1) is 5.41 Å². The molecule has 1 heterocycles. The lowest BCUT2D eigenvalue weighted by atomic mass is 9.86. The summed E-state index contributed by atoms with van der Waals surface area (Å²) in [4.78, 5) is 2.59. The highest BCUT2D eigenvalue weighted by Crippen LogP contribution is 2.39. The molecule has 0 bridgehead atoms. The van der Waals surface area contributed by atoms with E-state index in [9.17, 15) is 5.11 Å². The SMILES string of the molecule is CC1CN(CC2(CO)CCCC2)CC(C)S1. The van der Waals surface area contributed by atoms with Crippen LogP contribution in [-0.2, 0) is 0 Å². The Balaban J connectivity index is 1.92. The van der Waals surface area contributed by atoms with Crippen molar-refractivity contribution >= 4 is 11.8 Å². The van der Waals surface area contributed by atoms with Gasteiger partial charge in [-0.1, -0.05) is 26.7 Å². The molecule has 2 rings (SSSR count). The number of hydrogen-bond donors (Lipinski definition) is 1. The van der Waals surface area contributed by atoms with Gasteiger partial charge < -0.3 is 10.0 Å². The standard InChI is InChI=1S/C13H25NOS/c1-11-7-14(8-12(2)16-11)9-13(10-15)5-3-4-6-13/h11-12,15H,3-10H2,1-2H3. The molecule has 0 aromatic heterocycles. The highest BCUT2D eigenvalue weighted by Gasteiger charge is 2.36. The predicted molar refractivity (Wildman–Crippen MR) is 70.9 cm³/mol. The molecular formula is C13H25NOS. The monoisotopic (exact) mass is 243 g/mol. The maximum atomic E-state index is 9.65. The Morgan fingerprint density at radius 3 is 2.25 bits per heavy atom. The summed E-state index contributed by atoms with van der Waals surface area (Å²) in [5, 5.41) is 11.1. The van der Waals surface area contributed by atoms with Gasteiger partial charge in [0.25, 0.3) is 0 Å². The smallest absolute Gasteiger partial charge is 0.0499 e. The van der Waals surface area contributed by atoms with Crippen molar-refractivity contribution in [3.05, 3.63) is 0 Å². The van der Waals surface area contributed by atoms with E-state index in [0.29, 0.717) is 6.61 Å². The number of rotatable bonds is 3. The van der Waals surface area contributed by atoms with Crippen LogP contribution in [0.4, 0.5) is 0 Å². The van der Waals surface area contributed by atoms with Crippen LogP contribution in [-0.4, -0.2) is 46.7 Å². The van der Waals surface area contributed by atoms with E-state index in [0.717, 1.165) is 17.0 Å². The van der Waals surface area contributed by atoms with Gasteiger partial charge in [0, 0.05) is 42.2 Å². The van der Waals surface area contributed by atoms with E-state index in [1.165, 1.54) is 38.8 Å². The van der Waals surface area contributed by atoms with Crippen molar-refractivity contribution in [1.82, 2.24) is 4.90 Å². The summed E-state index contributed by atoms with van der Waals surface area (Å²) in [7, 11) is 0. The Bertz CT molecular complexity index is 218. The van der Waals surface area contributed by atoms with Crippen LogP contribution in [0.2, 0.25) is 0 Å². The second kappa shape index (κ2) is 5.28. The molecule has 0 aromatic rings. The fourth-order valence-corrected chi connectivity index (χ4v) is 4.77. The Hall–Kier alpha value is 0.270. The molecule has 0 amide bonds. The first kappa shape index (κ1) is 12.7. The summed E-state index contributed by atoms with van der Waals surface area (Å²) >= 11 is 2.11. The molecule has 1 saturated heterocycles. The Morgan fingerprint density at radius 2 is 1.75 bits per heavy atom. The molecular weight excluding hydrogens is 218 g/mol. The van der Waals surface area contributed by atoms with Gasteiger partial charge in [-0.05, 0) is 12.8 Å². The van der Waals surface area contributed by atoms with E-state index in [1.54, 1.807) is 0 Å². The lowest BCUT2D eigenvalue weighted by molar-refractivity contribution is 0.0776. The van der Waals surface area contributed by atoms with Gasteiger partial charge in [-0.25, -0.2) is 0 Å². The average molecular weight is 243 g/mol. The van der Waals surface area contributed by atoms with Gasteiger partial charge in [0.1, 0.15) is 0 Å². The van der Waals surface area contributed by atoms with Gasteiger partial charge in [-0.3, -0.25) is 0 Å². The minimum Gasteiger partial charge on any atom is -0.396 e. The van der Waals surface area contributed by atoms with Crippen LogP contribution >= 0.6 is 11.8 Å². The zero-order chi connectivity index (χ0) is 11.6. The molecule has 3 heteroatoms. The van der Waals surface area contributed by atoms with Gasteiger partial charge in [0.2, 0.25) is 0 Å². The summed E-state index contributed by atoms with van der Waals surface area (Å²) < 4.78 is 0. The molecule has 1 aliphatic carbocycles. The third kappa shape index (κ3) is 2.93. The molecule has 2 atom stereocenters. The zero-order valence-corrected chi connectivity index (χ0v) is 11.4. The summed E-state index contributed by atoms with van der Waals surface area (Å²) in [6.07, 6.45) is 5.09. The first-order chi connectivity index (χ1) is 7.63. The quantitative estimate of drug-likeness (QED) is 0.823. The minimum absolute atomic E-state index is 0.238. The van der Waals surface area contributed by atoms with Crippen LogP contribution in [0.5, 0.6) is 0 Å². The van der Waals surface area contributed by atoms with Crippen molar-refractivity contribution in [2.75, 3.05) is 26.2 Å². The third-order valence-electron chi connectivity index (χ3n) is 4.05. The van der Waals surface area contributed by atoms with Crippen LogP contribution < -0.4 is 0 Å². The Morgan fingerprint density at radius 1 is 1.19 bits per heavy atom. The third-order valence-corrected chi connectivity index (χ3v) is 5.28. The Kier molecular flexibility index (Phi) is 4.20. The number of aliphatic hydroxyl groups is 1. The van der Waals surface area contributed by atoms with E-state index in [-0.39, 0.29) is 5.41 Å². The van der Waals surface area contributed by atoms with Crippen LogP contribution in [0.3, 0.4) is 0 Å². The molecule has 1 aliphatic heterocycles. The van der Waals surface area contributed by atoms with Gasteiger partial charge >= 0.3 is 0 Å². The molecule has 2 aliphatic rings. The normalized spacial score (nSPS) is 35.4. The number of nitrogens with zero attached hydrogens (tertiary/aromatic N) is 1. The molecule has 1 saturated carbocycles. The molecule has 0 radical (unpaired) electrons. The van der Waals surface area contributed by atoms with E-state index >= 15 is 0 Å². The fraction of sp³-hybridized carbons (Fsp3) is 1.00. The molecule has 2 fully saturated rings. The van der Waals surface area contributed by atoms with E-state index in [4.69, 9.17) is 0 Å². The maximum Gasteiger partial charge on any atom is 0.0499 e. The largest absolute Gasteiger partial charge is 0.396 e. The molecule has 1 N–H and O–H groups in total. The van der Waals surface area contributed by atoms with E-state index in [1.807, 2.05) is 0 Å². The van der Waals surface area contributed by atoms with Gasteiger partial charge in [-0.2, -0.15) is 11.8 Å². The van der Waals surface area contributed by atoms with Crippen molar-refractivity contribution in [2.24, 2.45) is 5.41 Å². The van der Waals surface area contributed by atoms with E-state index < -0.39 is 0 Å². The van der Waals surface area contributed by atoms with E-state index in [2.05, 4.69) is 30.5 Å². The van der Waals surface area contributed by atoms with Gasteiger partial charge in [0.05, 0.1) is 0 Å². The number of aliphatic hydroxyl groups excluding tert-OH is 1. The topological polar surface area (TPSA) is 23.5 Å². The summed E-state index contributed by atoms with van der Waals surface area (Å²) in [6, 6.07) is 0. The first-order valence-corrected chi connectivity index (χ1v) is 7.56. The van der Waals surface area contributed by atoms with Crippen LogP contribution in [0.1, 0.15) is 39.5 Å². The highest BCUT2D eigenvalue weighted by atomic mass is 32.2. The molecule has 2 unspecified atom stereocenters. The summed E-state index contributed by atoms with van der Waals surface area (Å²) in [5.41, 5.74) is 0.238. The van der Waals surface area contributed by atoms with Crippen LogP contribution in [0.15, 0.2) is 0 Å². The van der Waals surface area contributed by atoms with Crippen molar-refractivity contribution in [1.29, 1.82) is 0 Å². The predicted octanol–water partition coefficient (Wildman–Crippen LogP) is 2.36. The first-order valence-electron chi connectivity index (χ1n) is 6.62. The van der Waals surface area contributed by atoms with Crippen molar-refractivity contribution in [2.45, 2.75) is 50.0 Å². The van der Waals surface area contributed by atoms with Gasteiger partial charge in [0.15, 0.2) is 0 Å². The van der Waals surface area contributed by atoms with Crippen molar-refractivity contribution in [3.63, 3.8) is 0 Å². The van der Waals surface area contributed by atoms with Crippen molar-refractivity contribution < 1.29 is 5.11 Å². The number of hydrogen-bond acceptors (Lipinski definition) is 3. The lowest BCUT2D eigenvalue weighted by Crippen LogP contribution is -2.46. The molecule has 2 nitrogen and oxygen atoms in total. The Labute approximate surface area is 104 Å². The number of thioether (sulfide) groups is 1. The summed E-state index contributed by atoms with van der Waals surface area (Å²) in [5.74, 6) is 0. The lowest BCUT2D eigenvalue weighted by Gasteiger charge is -2.40. The van der Waals surface area contributed by atoms with Crippen LogP contribution in [0.25, 0.3) is 0 Å². The fourth-order valence-electron chi connectivity index (χ4n) is 3.38.